The van der Waals surface area contributed by atoms with E-state index in [1.165, 1.54) is 16.4 Å². The van der Waals surface area contributed by atoms with E-state index in [1.54, 1.807) is 13.8 Å². The van der Waals surface area contributed by atoms with Crippen LogP contribution in [-0.4, -0.2) is 47.7 Å². The maximum atomic E-state index is 12.7. The number of ketones is 1. The number of aryl methyl sites for hydroxylation is 1. The monoisotopic (exact) mass is 449 g/mol. The van der Waals surface area contributed by atoms with E-state index in [9.17, 15) is 23.3 Å². The Morgan fingerprint density at radius 2 is 1.87 bits per heavy atom. The first-order chi connectivity index (χ1) is 14.6. The molecule has 1 aromatic carbocycles. The maximum absolute atomic E-state index is 12.7. The van der Waals surface area contributed by atoms with Gasteiger partial charge in [0.05, 0.1) is 9.82 Å². The quantitative estimate of drug-likeness (QED) is 0.311. The number of benzene rings is 1. The summed E-state index contributed by atoms with van der Waals surface area (Å²) in [5.74, 6) is -0.429. The molecule has 1 aromatic heterocycles. The molecule has 0 aliphatic heterocycles. The van der Waals surface area contributed by atoms with Crippen LogP contribution in [-0.2, 0) is 10.0 Å². The minimum Gasteiger partial charge on any atom is -0.478 e. The van der Waals surface area contributed by atoms with Crippen LogP contribution in [0.15, 0.2) is 29.2 Å². The summed E-state index contributed by atoms with van der Waals surface area (Å²) in [6.07, 6.45) is 2.19. The number of hydrogen-bond acceptors (Lipinski definition) is 6. The van der Waals surface area contributed by atoms with Gasteiger partial charge in [-0.05, 0) is 44.9 Å². The van der Waals surface area contributed by atoms with E-state index < -0.39 is 20.6 Å². The Hall–Kier alpha value is -2.72. The van der Waals surface area contributed by atoms with E-state index in [2.05, 4.69) is 4.57 Å². The van der Waals surface area contributed by atoms with Gasteiger partial charge in [0.2, 0.25) is 15.8 Å². The summed E-state index contributed by atoms with van der Waals surface area (Å²) in [7, 11) is -3.85. The lowest BCUT2D eigenvalue weighted by molar-refractivity contribution is -0.386. The van der Waals surface area contributed by atoms with Crippen LogP contribution in [0.4, 0.5) is 5.69 Å². The molecule has 0 radical (unpaired) electrons. The van der Waals surface area contributed by atoms with Gasteiger partial charge in [-0.3, -0.25) is 14.9 Å². The molecule has 2 aromatic rings. The summed E-state index contributed by atoms with van der Waals surface area (Å²) < 4.78 is 34.2. The highest BCUT2D eigenvalue weighted by molar-refractivity contribution is 7.89. The predicted molar refractivity (Wildman–Crippen MR) is 115 cm³/mol. The van der Waals surface area contributed by atoms with Gasteiger partial charge in [-0.25, -0.2) is 8.42 Å². The molecule has 0 saturated heterocycles. The number of nitro groups is 1. The Morgan fingerprint density at radius 1 is 1.23 bits per heavy atom. The zero-order valence-corrected chi connectivity index (χ0v) is 18.9. The molecule has 0 spiro atoms. The van der Waals surface area contributed by atoms with Crippen LogP contribution in [0, 0.1) is 24.0 Å². The molecule has 168 valence electrons. The van der Waals surface area contributed by atoms with E-state index in [4.69, 9.17) is 4.74 Å². The van der Waals surface area contributed by atoms with Gasteiger partial charge in [-0.15, -0.1) is 0 Å². The Bertz CT molecular complexity index is 1110. The average molecular weight is 450 g/mol. The minimum absolute atomic E-state index is 0.146. The van der Waals surface area contributed by atoms with E-state index in [1.807, 2.05) is 19.9 Å². The number of carbonyl (C=O) groups excluding carboxylic acids is 1. The molecular formula is C21H27N3O6S. The Kier molecular flexibility index (Phi) is 6.51. The standard InChI is InChI=1S/C21H27N3O6S/c1-5-22(6-2)31(28,29)17-9-10-21(19(12-17)24(26)27)30-13-20(25)18-11-14(3)23(15(18)4)16-7-8-16/h9-12,16H,5-8,13H2,1-4H3. The maximum Gasteiger partial charge on any atom is 0.312 e. The summed E-state index contributed by atoms with van der Waals surface area (Å²) in [6, 6.07) is 5.72. The van der Waals surface area contributed by atoms with Gasteiger partial charge in [0.15, 0.2) is 12.4 Å². The smallest absolute Gasteiger partial charge is 0.312 e. The molecule has 10 heteroatoms. The predicted octanol–water partition coefficient (Wildman–Crippen LogP) is 3.64. The van der Waals surface area contributed by atoms with Crippen LogP contribution in [0.1, 0.15) is 54.5 Å². The summed E-state index contributed by atoms with van der Waals surface area (Å²) >= 11 is 0. The fourth-order valence-corrected chi connectivity index (χ4v) is 5.29. The largest absolute Gasteiger partial charge is 0.478 e. The summed E-state index contributed by atoms with van der Waals surface area (Å²) in [5.41, 5.74) is 1.90. The molecule has 0 bridgehead atoms. The van der Waals surface area contributed by atoms with E-state index >= 15 is 0 Å². The van der Waals surface area contributed by atoms with Gasteiger partial charge in [0, 0.05) is 42.1 Å². The number of sulfonamides is 1. The lowest BCUT2D eigenvalue weighted by Crippen LogP contribution is -2.30. The fraction of sp³-hybridized carbons (Fsp3) is 0.476. The molecule has 1 saturated carbocycles. The lowest BCUT2D eigenvalue weighted by Gasteiger charge is -2.18. The van der Waals surface area contributed by atoms with Crippen molar-refractivity contribution in [2.75, 3.05) is 19.7 Å². The number of Topliss-reactive ketones (excluding diaryl/α,β-unsaturated/α-hetero) is 1. The number of nitrogens with zero attached hydrogens (tertiary/aromatic N) is 3. The van der Waals surface area contributed by atoms with Crippen LogP contribution < -0.4 is 4.74 Å². The van der Waals surface area contributed by atoms with Crippen molar-refractivity contribution in [2.45, 2.75) is 51.5 Å². The zero-order valence-electron chi connectivity index (χ0n) is 18.1. The summed E-state index contributed by atoms with van der Waals surface area (Å²) in [6.45, 7) is 7.34. The third kappa shape index (κ3) is 4.49. The highest BCUT2D eigenvalue weighted by Gasteiger charge is 2.29. The third-order valence-corrected chi connectivity index (χ3v) is 7.57. The summed E-state index contributed by atoms with van der Waals surface area (Å²) in [5, 5.41) is 11.5. The molecular weight excluding hydrogens is 422 g/mol. The third-order valence-electron chi connectivity index (χ3n) is 5.53. The van der Waals surface area contributed by atoms with Crippen molar-refractivity contribution in [1.29, 1.82) is 0 Å². The van der Waals surface area contributed by atoms with Crippen molar-refractivity contribution >= 4 is 21.5 Å². The summed E-state index contributed by atoms with van der Waals surface area (Å²) in [4.78, 5) is 23.4. The van der Waals surface area contributed by atoms with Crippen molar-refractivity contribution in [3.63, 3.8) is 0 Å². The van der Waals surface area contributed by atoms with Crippen LogP contribution in [0.2, 0.25) is 0 Å². The molecule has 0 atom stereocenters. The Labute approximate surface area is 181 Å². The molecule has 3 rings (SSSR count). The van der Waals surface area contributed by atoms with Crippen LogP contribution in [0.3, 0.4) is 0 Å². The molecule has 9 nitrogen and oxygen atoms in total. The molecule has 0 amide bonds. The van der Waals surface area contributed by atoms with Gasteiger partial charge < -0.3 is 9.30 Å². The van der Waals surface area contributed by atoms with Crippen molar-refractivity contribution in [3.05, 3.63) is 51.3 Å². The number of ether oxygens (including phenoxy) is 1. The Morgan fingerprint density at radius 3 is 2.42 bits per heavy atom. The molecule has 1 fully saturated rings. The average Bonchev–Trinajstić information content (AvgIpc) is 3.51. The van der Waals surface area contributed by atoms with Crippen molar-refractivity contribution in [1.82, 2.24) is 8.87 Å². The minimum atomic E-state index is -3.85. The second-order valence-corrected chi connectivity index (χ2v) is 9.51. The topological polar surface area (TPSA) is 112 Å². The van der Waals surface area contributed by atoms with Crippen LogP contribution in [0.5, 0.6) is 5.75 Å². The van der Waals surface area contributed by atoms with Crippen molar-refractivity contribution in [2.24, 2.45) is 0 Å². The van der Waals surface area contributed by atoms with Gasteiger partial charge >= 0.3 is 5.69 Å². The number of hydrogen-bond donors (Lipinski definition) is 0. The normalized spacial score (nSPS) is 14.1. The number of carbonyl (C=O) groups is 1. The van der Waals surface area contributed by atoms with Gasteiger partial charge in [0.1, 0.15) is 0 Å². The molecule has 31 heavy (non-hydrogen) atoms. The SMILES string of the molecule is CCN(CC)S(=O)(=O)c1ccc(OCC(=O)c2cc(C)n(C3CC3)c2C)c([N+](=O)[O-])c1. The highest BCUT2D eigenvalue weighted by Crippen LogP contribution is 2.38. The number of aromatic nitrogens is 1. The molecule has 0 unspecified atom stereocenters. The number of rotatable bonds is 10. The van der Waals surface area contributed by atoms with Gasteiger partial charge in [-0.1, -0.05) is 13.8 Å². The molecule has 1 aliphatic carbocycles. The van der Waals surface area contributed by atoms with Crippen molar-refractivity contribution in [3.8, 4) is 5.75 Å². The van der Waals surface area contributed by atoms with E-state index in [0.29, 0.717) is 11.6 Å². The first-order valence-corrected chi connectivity index (χ1v) is 11.7. The highest BCUT2D eigenvalue weighted by atomic mass is 32.2. The first-order valence-electron chi connectivity index (χ1n) is 10.2. The van der Waals surface area contributed by atoms with Crippen LogP contribution >= 0.6 is 0 Å². The molecule has 0 N–H and O–H groups in total. The second kappa shape index (κ2) is 8.80. The number of nitro benzene ring substituents is 1. The first kappa shape index (κ1) is 23.0. The van der Waals surface area contributed by atoms with Crippen LogP contribution in [0.25, 0.3) is 0 Å². The van der Waals surface area contributed by atoms with E-state index in [-0.39, 0.29) is 36.1 Å². The molecule has 1 aliphatic rings. The zero-order chi connectivity index (χ0) is 22.9. The lowest BCUT2D eigenvalue weighted by atomic mass is 10.1. The van der Waals surface area contributed by atoms with E-state index in [0.717, 1.165) is 30.3 Å². The fourth-order valence-electron chi connectivity index (χ4n) is 3.81. The second-order valence-electron chi connectivity index (χ2n) is 7.57. The van der Waals surface area contributed by atoms with Gasteiger partial charge in [0.25, 0.3) is 0 Å². The Balaban J connectivity index is 1.83. The van der Waals surface area contributed by atoms with Crippen molar-refractivity contribution < 1.29 is 22.9 Å². The van der Waals surface area contributed by atoms with Gasteiger partial charge in [-0.2, -0.15) is 4.31 Å². The molecule has 1 heterocycles.